The van der Waals surface area contributed by atoms with Crippen LogP contribution in [0.4, 0.5) is 10.5 Å². The maximum Gasteiger partial charge on any atom is 0.325 e. The van der Waals surface area contributed by atoms with E-state index in [1.165, 1.54) is 17.1 Å². The Labute approximate surface area is 113 Å². The van der Waals surface area contributed by atoms with Crippen molar-refractivity contribution < 1.29 is 14.7 Å². The highest BCUT2D eigenvalue weighted by molar-refractivity contribution is 5.88. The molecule has 0 atom stereocenters. The summed E-state index contributed by atoms with van der Waals surface area (Å²) in [5.74, 6) is -1.01. The van der Waals surface area contributed by atoms with Crippen LogP contribution in [-0.4, -0.2) is 41.9 Å². The average Bonchev–Trinajstić information content (AvgIpc) is 2.96. The van der Waals surface area contributed by atoms with Crippen LogP contribution >= 0.6 is 0 Å². The predicted molar refractivity (Wildman–Crippen MR) is 66.7 cm³/mol. The minimum Gasteiger partial charge on any atom is -0.480 e. The van der Waals surface area contributed by atoms with Crippen LogP contribution in [0.25, 0.3) is 0 Å². The van der Waals surface area contributed by atoms with Crippen molar-refractivity contribution in [2.75, 3.05) is 5.32 Å². The molecular formula is C10H13N7O3. The van der Waals surface area contributed by atoms with Gasteiger partial charge in [0.05, 0.1) is 24.6 Å². The second-order valence-corrected chi connectivity index (χ2v) is 4.01. The first kappa shape index (κ1) is 13.5. The lowest BCUT2D eigenvalue weighted by atomic mass is 10.4. The zero-order valence-corrected chi connectivity index (χ0v) is 10.6. The molecule has 2 aromatic rings. The van der Waals surface area contributed by atoms with Crippen LogP contribution < -0.4 is 10.6 Å². The third kappa shape index (κ3) is 3.80. The first-order valence-electron chi connectivity index (χ1n) is 5.67. The zero-order valence-electron chi connectivity index (χ0n) is 10.6. The fraction of sp³-hybridized carbons (Fsp3) is 0.300. The SMILES string of the molecule is Cn1cc(NC(=O)NCc2cn(CC(=O)O)nn2)cn1. The molecular weight excluding hydrogens is 266 g/mol. The van der Waals surface area contributed by atoms with E-state index in [0.29, 0.717) is 11.4 Å². The molecule has 3 N–H and O–H groups in total. The Kier molecular flexibility index (Phi) is 3.93. The Balaban J connectivity index is 1.81. The van der Waals surface area contributed by atoms with Crippen molar-refractivity contribution in [3.63, 3.8) is 0 Å². The average molecular weight is 279 g/mol. The van der Waals surface area contributed by atoms with Gasteiger partial charge in [0.25, 0.3) is 0 Å². The minimum absolute atomic E-state index is 0.145. The Bertz CT molecular complexity index is 618. The van der Waals surface area contributed by atoms with E-state index in [4.69, 9.17) is 5.11 Å². The third-order valence-electron chi connectivity index (χ3n) is 2.28. The lowest BCUT2D eigenvalue weighted by molar-refractivity contribution is -0.137. The molecule has 0 aromatic carbocycles. The highest BCUT2D eigenvalue weighted by Crippen LogP contribution is 2.02. The van der Waals surface area contributed by atoms with Gasteiger partial charge in [-0.25, -0.2) is 9.48 Å². The molecule has 0 spiro atoms. The smallest absolute Gasteiger partial charge is 0.325 e. The van der Waals surface area contributed by atoms with Gasteiger partial charge in [-0.15, -0.1) is 5.10 Å². The van der Waals surface area contributed by atoms with Crippen molar-refractivity contribution in [1.82, 2.24) is 30.1 Å². The predicted octanol–water partition coefficient (Wildman–Crippen LogP) is -0.582. The second kappa shape index (κ2) is 5.82. The normalized spacial score (nSPS) is 10.2. The van der Waals surface area contributed by atoms with Gasteiger partial charge in [0, 0.05) is 13.2 Å². The number of hydrogen-bond acceptors (Lipinski definition) is 5. The van der Waals surface area contributed by atoms with Gasteiger partial charge < -0.3 is 15.7 Å². The molecule has 0 aliphatic heterocycles. The maximum absolute atomic E-state index is 11.6. The van der Waals surface area contributed by atoms with Crippen molar-refractivity contribution in [3.8, 4) is 0 Å². The summed E-state index contributed by atoms with van der Waals surface area (Å²) in [5.41, 5.74) is 1.03. The highest BCUT2D eigenvalue weighted by atomic mass is 16.4. The van der Waals surface area contributed by atoms with E-state index in [-0.39, 0.29) is 13.1 Å². The molecule has 0 bridgehead atoms. The summed E-state index contributed by atoms with van der Waals surface area (Å²) in [7, 11) is 1.74. The van der Waals surface area contributed by atoms with Crippen LogP contribution in [0.3, 0.4) is 0 Å². The summed E-state index contributed by atoms with van der Waals surface area (Å²) in [5, 5.41) is 25.0. The van der Waals surface area contributed by atoms with E-state index in [1.54, 1.807) is 17.9 Å². The van der Waals surface area contributed by atoms with Crippen LogP contribution in [0.5, 0.6) is 0 Å². The molecule has 2 heterocycles. The van der Waals surface area contributed by atoms with Crippen LogP contribution in [-0.2, 0) is 24.9 Å². The molecule has 0 aliphatic carbocycles. The van der Waals surface area contributed by atoms with Gasteiger partial charge in [-0.05, 0) is 0 Å². The summed E-state index contributed by atoms with van der Waals surface area (Å²) in [4.78, 5) is 22.0. The van der Waals surface area contributed by atoms with E-state index in [1.807, 2.05) is 0 Å². The Hall–Kier alpha value is -2.91. The van der Waals surface area contributed by atoms with Gasteiger partial charge in [0.2, 0.25) is 0 Å². The second-order valence-electron chi connectivity index (χ2n) is 4.01. The number of hydrogen-bond donors (Lipinski definition) is 3. The number of carboxylic acids is 1. The van der Waals surface area contributed by atoms with Gasteiger partial charge in [0.1, 0.15) is 12.2 Å². The van der Waals surface area contributed by atoms with Crippen LogP contribution in [0.2, 0.25) is 0 Å². The van der Waals surface area contributed by atoms with E-state index < -0.39 is 12.0 Å². The van der Waals surface area contributed by atoms with E-state index >= 15 is 0 Å². The van der Waals surface area contributed by atoms with Gasteiger partial charge >= 0.3 is 12.0 Å². The number of nitrogens with one attached hydrogen (secondary N) is 2. The molecule has 20 heavy (non-hydrogen) atoms. The molecule has 0 saturated heterocycles. The Morgan fingerprint density at radius 3 is 2.85 bits per heavy atom. The number of urea groups is 1. The zero-order chi connectivity index (χ0) is 14.5. The first-order valence-corrected chi connectivity index (χ1v) is 5.67. The highest BCUT2D eigenvalue weighted by Gasteiger charge is 2.07. The summed E-state index contributed by atoms with van der Waals surface area (Å²) < 4.78 is 2.74. The van der Waals surface area contributed by atoms with Crippen molar-refractivity contribution in [1.29, 1.82) is 0 Å². The van der Waals surface area contributed by atoms with E-state index in [9.17, 15) is 9.59 Å². The number of aliphatic carboxylic acids is 1. The van der Waals surface area contributed by atoms with Gasteiger partial charge in [0.15, 0.2) is 0 Å². The number of amides is 2. The lowest BCUT2D eigenvalue weighted by Crippen LogP contribution is -2.28. The standard InChI is InChI=1S/C10H13N7O3/c1-16-4-7(3-12-16)13-10(20)11-2-8-5-17(15-14-8)6-9(18)19/h3-5H,2,6H2,1H3,(H,18,19)(H2,11,13,20). The largest absolute Gasteiger partial charge is 0.480 e. The number of aromatic nitrogens is 5. The number of carbonyl (C=O) groups excluding carboxylic acids is 1. The molecule has 2 aromatic heterocycles. The summed E-state index contributed by atoms with van der Waals surface area (Å²) in [6, 6.07) is -0.411. The number of anilines is 1. The lowest BCUT2D eigenvalue weighted by Gasteiger charge is -2.03. The van der Waals surface area contributed by atoms with Crippen molar-refractivity contribution in [2.45, 2.75) is 13.1 Å². The fourth-order valence-corrected chi connectivity index (χ4v) is 1.47. The monoisotopic (exact) mass is 279 g/mol. The van der Waals surface area contributed by atoms with Gasteiger partial charge in [-0.3, -0.25) is 9.48 Å². The number of carboxylic acid groups (broad SMARTS) is 1. The minimum atomic E-state index is -1.01. The van der Waals surface area contributed by atoms with Crippen molar-refractivity contribution >= 4 is 17.7 Å². The van der Waals surface area contributed by atoms with Gasteiger partial charge in [-0.2, -0.15) is 5.10 Å². The number of rotatable bonds is 5. The molecule has 2 amide bonds. The maximum atomic E-state index is 11.6. The number of aryl methyl sites for hydroxylation is 1. The molecule has 0 radical (unpaired) electrons. The van der Waals surface area contributed by atoms with Crippen LogP contribution in [0.1, 0.15) is 5.69 Å². The molecule has 0 aliphatic rings. The Morgan fingerprint density at radius 2 is 2.20 bits per heavy atom. The van der Waals surface area contributed by atoms with Gasteiger partial charge in [-0.1, -0.05) is 5.21 Å². The summed E-state index contributed by atoms with van der Waals surface area (Å²) in [6.45, 7) is -0.124. The summed E-state index contributed by atoms with van der Waals surface area (Å²) >= 11 is 0. The Morgan fingerprint density at radius 1 is 1.40 bits per heavy atom. The van der Waals surface area contributed by atoms with E-state index in [2.05, 4.69) is 26.0 Å². The van der Waals surface area contributed by atoms with E-state index in [0.717, 1.165) is 0 Å². The molecule has 10 heteroatoms. The van der Waals surface area contributed by atoms with Crippen molar-refractivity contribution in [3.05, 3.63) is 24.3 Å². The van der Waals surface area contributed by atoms with Crippen molar-refractivity contribution in [2.24, 2.45) is 7.05 Å². The molecule has 10 nitrogen and oxygen atoms in total. The molecule has 0 saturated carbocycles. The first-order chi connectivity index (χ1) is 9.52. The fourth-order valence-electron chi connectivity index (χ4n) is 1.47. The van der Waals surface area contributed by atoms with Crippen LogP contribution in [0, 0.1) is 0 Å². The summed E-state index contributed by atoms with van der Waals surface area (Å²) in [6.07, 6.45) is 4.63. The van der Waals surface area contributed by atoms with Crippen LogP contribution in [0.15, 0.2) is 18.6 Å². The third-order valence-corrected chi connectivity index (χ3v) is 2.28. The number of carbonyl (C=O) groups is 2. The number of nitrogens with zero attached hydrogens (tertiary/aromatic N) is 5. The molecule has 0 unspecified atom stereocenters. The quantitative estimate of drug-likeness (QED) is 0.672. The molecule has 0 fully saturated rings. The topological polar surface area (TPSA) is 127 Å². The molecule has 2 rings (SSSR count). The molecule has 106 valence electrons.